The molecule has 1 heterocycles. The Labute approximate surface area is 206 Å². The molecular weight excluding hydrogens is 475 g/mol. The summed E-state index contributed by atoms with van der Waals surface area (Å²) >= 11 is 13.5. The third-order valence-electron chi connectivity index (χ3n) is 4.74. The number of rotatable bonds is 7. The molecule has 0 fully saturated rings. The van der Waals surface area contributed by atoms with Crippen molar-refractivity contribution in [3.8, 4) is 11.3 Å². The summed E-state index contributed by atoms with van der Waals surface area (Å²) in [5.74, 6) is -0.110. The van der Waals surface area contributed by atoms with Crippen molar-refractivity contribution >= 4 is 56.8 Å². The minimum atomic E-state index is -0.110. The van der Waals surface area contributed by atoms with Crippen LogP contribution in [0.3, 0.4) is 0 Å². The van der Waals surface area contributed by atoms with E-state index in [0.29, 0.717) is 25.9 Å². The number of aromatic nitrogens is 1. The van der Waals surface area contributed by atoms with Crippen LogP contribution in [0.2, 0.25) is 10.0 Å². The van der Waals surface area contributed by atoms with Crippen molar-refractivity contribution in [2.75, 3.05) is 10.7 Å². The van der Waals surface area contributed by atoms with E-state index < -0.39 is 0 Å². The van der Waals surface area contributed by atoms with Crippen LogP contribution in [0, 0.1) is 6.92 Å². The summed E-state index contributed by atoms with van der Waals surface area (Å²) in [4.78, 5) is 17.3. The fraction of sp³-hybridized carbons (Fsp3) is 0.0800. The maximum atomic E-state index is 12.7. The highest BCUT2D eigenvalue weighted by Gasteiger charge is 2.16. The maximum Gasteiger partial charge on any atom is 0.229 e. The number of benzene rings is 3. The molecule has 0 unspecified atom stereocenters. The molecule has 1 aromatic heterocycles. The van der Waals surface area contributed by atoms with Crippen molar-refractivity contribution in [3.63, 3.8) is 0 Å². The third kappa shape index (κ3) is 6.20. The number of carbonyl (C=O) groups excluding carboxylic acids is 1. The number of hydrogen-bond donors (Lipinski definition) is 2. The summed E-state index contributed by atoms with van der Waals surface area (Å²) in [6, 6.07) is 22.8. The molecule has 0 saturated carbocycles. The first-order chi connectivity index (χ1) is 16.0. The SMILES string of the molecule is Cc1ccc(-c2nc(NN=Cc3ccc(Cl)cc3Cl)sc2NC(=O)Cc2ccccc2)cc1. The van der Waals surface area contributed by atoms with Crippen LogP contribution in [-0.2, 0) is 11.2 Å². The highest BCUT2D eigenvalue weighted by molar-refractivity contribution is 7.20. The van der Waals surface area contributed by atoms with Gasteiger partial charge in [-0.2, -0.15) is 5.10 Å². The Bertz CT molecular complexity index is 1290. The molecule has 0 aliphatic rings. The minimum Gasteiger partial charge on any atom is -0.316 e. The van der Waals surface area contributed by atoms with Gasteiger partial charge in [0, 0.05) is 16.1 Å². The highest BCUT2D eigenvalue weighted by Crippen LogP contribution is 2.36. The molecule has 0 bridgehead atoms. The van der Waals surface area contributed by atoms with Gasteiger partial charge >= 0.3 is 0 Å². The van der Waals surface area contributed by atoms with Crippen molar-refractivity contribution in [2.24, 2.45) is 5.10 Å². The highest BCUT2D eigenvalue weighted by atomic mass is 35.5. The summed E-state index contributed by atoms with van der Waals surface area (Å²) in [6.45, 7) is 2.02. The molecule has 0 spiro atoms. The van der Waals surface area contributed by atoms with Crippen molar-refractivity contribution in [1.82, 2.24) is 4.98 Å². The van der Waals surface area contributed by atoms with Gasteiger partial charge in [-0.1, -0.05) is 101 Å². The smallest absolute Gasteiger partial charge is 0.229 e. The predicted molar refractivity (Wildman–Crippen MR) is 139 cm³/mol. The average Bonchev–Trinajstić information content (AvgIpc) is 3.18. The molecule has 0 aliphatic carbocycles. The van der Waals surface area contributed by atoms with Crippen LogP contribution < -0.4 is 10.7 Å². The molecule has 0 atom stereocenters. The Balaban J connectivity index is 1.55. The fourth-order valence-corrected chi connectivity index (χ4v) is 4.39. The van der Waals surface area contributed by atoms with Gasteiger partial charge in [-0.15, -0.1) is 0 Å². The number of amides is 1. The Morgan fingerprint density at radius 1 is 1.06 bits per heavy atom. The Morgan fingerprint density at radius 2 is 1.82 bits per heavy atom. The van der Waals surface area contributed by atoms with Gasteiger partial charge in [-0.25, -0.2) is 4.98 Å². The molecule has 2 N–H and O–H groups in total. The zero-order chi connectivity index (χ0) is 23.2. The predicted octanol–water partition coefficient (Wildman–Crippen LogP) is 7.05. The lowest BCUT2D eigenvalue weighted by Crippen LogP contribution is -2.14. The van der Waals surface area contributed by atoms with E-state index in [1.165, 1.54) is 11.3 Å². The first-order valence-electron chi connectivity index (χ1n) is 10.1. The van der Waals surface area contributed by atoms with Crippen LogP contribution in [0.5, 0.6) is 0 Å². The molecule has 166 valence electrons. The molecular formula is C25H20Cl2N4OS. The summed E-state index contributed by atoms with van der Waals surface area (Å²) in [7, 11) is 0. The van der Waals surface area contributed by atoms with Gasteiger partial charge in [-0.05, 0) is 24.6 Å². The Hall–Kier alpha value is -3.19. The number of hydrogen-bond acceptors (Lipinski definition) is 5. The van der Waals surface area contributed by atoms with Crippen molar-refractivity contribution in [3.05, 3.63) is 99.5 Å². The number of carbonyl (C=O) groups is 1. The van der Waals surface area contributed by atoms with Gasteiger partial charge in [0.25, 0.3) is 0 Å². The van der Waals surface area contributed by atoms with Gasteiger partial charge in [-0.3, -0.25) is 10.2 Å². The zero-order valence-electron chi connectivity index (χ0n) is 17.7. The van der Waals surface area contributed by atoms with E-state index >= 15 is 0 Å². The van der Waals surface area contributed by atoms with E-state index in [2.05, 4.69) is 20.8 Å². The van der Waals surface area contributed by atoms with E-state index in [0.717, 1.165) is 22.3 Å². The van der Waals surface area contributed by atoms with Gasteiger partial charge in [0.15, 0.2) is 0 Å². The molecule has 0 saturated heterocycles. The van der Waals surface area contributed by atoms with Crippen molar-refractivity contribution in [2.45, 2.75) is 13.3 Å². The van der Waals surface area contributed by atoms with Gasteiger partial charge < -0.3 is 5.32 Å². The second kappa shape index (κ2) is 10.6. The fourth-order valence-electron chi connectivity index (χ4n) is 3.08. The van der Waals surface area contributed by atoms with Gasteiger partial charge in [0.05, 0.1) is 17.7 Å². The molecule has 5 nitrogen and oxygen atoms in total. The quantitative estimate of drug-likeness (QED) is 0.213. The van der Waals surface area contributed by atoms with Crippen LogP contribution in [0.4, 0.5) is 10.1 Å². The van der Waals surface area contributed by atoms with Crippen LogP contribution >= 0.6 is 34.5 Å². The lowest BCUT2D eigenvalue weighted by atomic mass is 10.1. The van der Waals surface area contributed by atoms with E-state index in [1.807, 2.05) is 61.5 Å². The third-order valence-corrected chi connectivity index (χ3v) is 6.18. The molecule has 0 aliphatic heterocycles. The molecule has 1 amide bonds. The first-order valence-corrected chi connectivity index (χ1v) is 11.7. The molecule has 0 radical (unpaired) electrons. The molecule has 4 rings (SSSR count). The van der Waals surface area contributed by atoms with Crippen molar-refractivity contribution in [1.29, 1.82) is 0 Å². The first kappa shape index (κ1) is 23.0. The topological polar surface area (TPSA) is 66.4 Å². The summed E-state index contributed by atoms with van der Waals surface area (Å²) in [5.41, 5.74) is 7.34. The monoisotopic (exact) mass is 494 g/mol. The Kier molecular flexibility index (Phi) is 7.40. The number of anilines is 2. The molecule has 8 heteroatoms. The minimum absolute atomic E-state index is 0.110. The zero-order valence-corrected chi connectivity index (χ0v) is 20.0. The summed E-state index contributed by atoms with van der Waals surface area (Å²) in [5, 5.41) is 9.51. The lowest BCUT2D eigenvalue weighted by Gasteiger charge is -2.06. The number of thiazole rings is 1. The van der Waals surface area contributed by atoms with Gasteiger partial charge in [0.2, 0.25) is 11.0 Å². The van der Waals surface area contributed by atoms with E-state index in [-0.39, 0.29) is 12.3 Å². The normalized spacial score (nSPS) is 11.0. The molecule has 33 heavy (non-hydrogen) atoms. The largest absolute Gasteiger partial charge is 0.316 e. The number of hydrazone groups is 1. The van der Waals surface area contributed by atoms with Crippen LogP contribution in [0.25, 0.3) is 11.3 Å². The number of nitrogens with zero attached hydrogens (tertiary/aromatic N) is 2. The Morgan fingerprint density at radius 3 is 2.55 bits per heavy atom. The van der Waals surface area contributed by atoms with E-state index in [4.69, 9.17) is 23.2 Å². The van der Waals surface area contributed by atoms with E-state index in [1.54, 1.807) is 24.4 Å². The van der Waals surface area contributed by atoms with Gasteiger partial charge in [0.1, 0.15) is 10.7 Å². The second-order valence-corrected chi connectivity index (χ2v) is 9.15. The summed E-state index contributed by atoms with van der Waals surface area (Å²) in [6.07, 6.45) is 1.88. The second-order valence-electron chi connectivity index (χ2n) is 7.31. The molecule has 4 aromatic rings. The van der Waals surface area contributed by atoms with Crippen LogP contribution in [-0.4, -0.2) is 17.1 Å². The number of halogens is 2. The van der Waals surface area contributed by atoms with Crippen LogP contribution in [0.15, 0.2) is 77.9 Å². The van der Waals surface area contributed by atoms with Crippen LogP contribution in [0.1, 0.15) is 16.7 Å². The summed E-state index contributed by atoms with van der Waals surface area (Å²) < 4.78 is 0. The molecule has 3 aromatic carbocycles. The average molecular weight is 495 g/mol. The number of nitrogens with one attached hydrogen (secondary N) is 2. The standard InChI is InChI=1S/C25H20Cl2N4OS/c1-16-7-9-18(10-8-16)23-24(29-22(32)13-17-5-3-2-4-6-17)33-25(30-23)31-28-15-19-11-12-20(26)14-21(19)27/h2-12,14-15H,13H2,1H3,(H,29,32)(H,30,31). The van der Waals surface area contributed by atoms with Crippen molar-refractivity contribution < 1.29 is 4.79 Å². The van der Waals surface area contributed by atoms with E-state index in [9.17, 15) is 4.79 Å². The maximum absolute atomic E-state index is 12.7. The lowest BCUT2D eigenvalue weighted by molar-refractivity contribution is -0.115. The number of aryl methyl sites for hydroxylation is 1.